The number of nitrogens with one attached hydrogen (secondary N) is 2. The Morgan fingerprint density at radius 2 is 1.89 bits per heavy atom. The minimum atomic E-state index is -0.407. The molecule has 5 aromatic rings. The van der Waals surface area contributed by atoms with Crippen LogP contribution in [0.15, 0.2) is 59.5 Å². The second kappa shape index (κ2) is 9.31. The summed E-state index contributed by atoms with van der Waals surface area (Å²) >= 11 is 5.88. The average Bonchev–Trinajstić information content (AvgIpc) is 3.44. The van der Waals surface area contributed by atoms with E-state index in [1.165, 1.54) is 10.9 Å². The SMILES string of the molecule is Cc1cc(NC(=O)COc2ccc(Cl)cc2)n(-c2nc3c(cnn3-c3cccc(C)c3C)c(=O)[nH]2)n1. The van der Waals surface area contributed by atoms with Crippen LogP contribution in [0.25, 0.3) is 22.7 Å². The molecular formula is C25H22ClN7O3. The van der Waals surface area contributed by atoms with E-state index in [4.69, 9.17) is 16.3 Å². The number of aromatic amines is 1. The molecule has 0 unspecified atom stereocenters. The van der Waals surface area contributed by atoms with Gasteiger partial charge in [0.2, 0.25) is 5.95 Å². The number of fused-ring (bicyclic) bond motifs is 1. The van der Waals surface area contributed by atoms with Crippen LogP contribution in [0.3, 0.4) is 0 Å². The summed E-state index contributed by atoms with van der Waals surface area (Å²) < 4.78 is 8.52. The molecule has 2 N–H and O–H groups in total. The number of amides is 1. The van der Waals surface area contributed by atoms with Gasteiger partial charge in [0, 0.05) is 11.1 Å². The molecule has 11 heteroatoms. The molecule has 1 amide bonds. The van der Waals surface area contributed by atoms with Gasteiger partial charge >= 0.3 is 0 Å². The van der Waals surface area contributed by atoms with Crippen molar-refractivity contribution in [3.8, 4) is 17.4 Å². The van der Waals surface area contributed by atoms with Crippen molar-refractivity contribution in [1.82, 2.24) is 29.5 Å². The lowest BCUT2D eigenvalue weighted by Gasteiger charge is -2.11. The number of hydrogen-bond acceptors (Lipinski definition) is 6. The summed E-state index contributed by atoms with van der Waals surface area (Å²) in [5, 5.41) is 12.5. The molecule has 0 aliphatic rings. The summed E-state index contributed by atoms with van der Waals surface area (Å²) in [7, 11) is 0. The zero-order valence-corrected chi connectivity index (χ0v) is 20.5. The number of anilines is 1. The quantitative estimate of drug-likeness (QED) is 0.363. The largest absolute Gasteiger partial charge is 0.484 e. The molecule has 0 fully saturated rings. The fourth-order valence-electron chi connectivity index (χ4n) is 3.76. The second-order valence-corrected chi connectivity index (χ2v) is 8.71. The highest BCUT2D eigenvalue weighted by molar-refractivity contribution is 6.30. The van der Waals surface area contributed by atoms with Crippen LogP contribution < -0.4 is 15.6 Å². The average molecular weight is 504 g/mol. The van der Waals surface area contributed by atoms with Gasteiger partial charge in [-0.2, -0.15) is 19.9 Å². The van der Waals surface area contributed by atoms with Crippen molar-refractivity contribution in [3.05, 3.63) is 86.9 Å². The van der Waals surface area contributed by atoms with Crippen molar-refractivity contribution in [2.45, 2.75) is 20.8 Å². The van der Waals surface area contributed by atoms with E-state index in [9.17, 15) is 9.59 Å². The minimum absolute atomic E-state index is 0.140. The zero-order chi connectivity index (χ0) is 25.4. The van der Waals surface area contributed by atoms with E-state index < -0.39 is 5.91 Å². The maximum Gasteiger partial charge on any atom is 0.263 e. The van der Waals surface area contributed by atoms with Gasteiger partial charge in [-0.25, -0.2) is 4.68 Å². The molecule has 0 aliphatic carbocycles. The van der Waals surface area contributed by atoms with Crippen LogP contribution in [0.5, 0.6) is 5.75 Å². The Morgan fingerprint density at radius 3 is 2.67 bits per heavy atom. The monoisotopic (exact) mass is 503 g/mol. The Bertz CT molecular complexity index is 1650. The number of ether oxygens (including phenoxy) is 1. The number of carbonyl (C=O) groups excluding carboxylic acids is 1. The fourth-order valence-corrected chi connectivity index (χ4v) is 3.88. The predicted octanol–water partition coefficient (Wildman–Crippen LogP) is 3.89. The Kier molecular flexibility index (Phi) is 6.03. The summed E-state index contributed by atoms with van der Waals surface area (Å²) in [6, 6.07) is 14.2. The van der Waals surface area contributed by atoms with Crippen LogP contribution in [-0.2, 0) is 4.79 Å². The number of carbonyl (C=O) groups is 1. The van der Waals surface area contributed by atoms with Crippen molar-refractivity contribution in [1.29, 1.82) is 0 Å². The molecule has 3 aromatic heterocycles. The van der Waals surface area contributed by atoms with Crippen molar-refractivity contribution >= 4 is 34.4 Å². The number of hydrogen-bond donors (Lipinski definition) is 2. The Balaban J connectivity index is 1.47. The molecule has 5 rings (SSSR count). The molecule has 0 atom stereocenters. The molecular weight excluding hydrogens is 482 g/mol. The van der Waals surface area contributed by atoms with E-state index in [1.54, 1.807) is 41.9 Å². The molecule has 0 spiro atoms. The number of nitrogens with zero attached hydrogens (tertiary/aromatic N) is 5. The number of aromatic nitrogens is 6. The van der Waals surface area contributed by atoms with Crippen LogP contribution in [0, 0.1) is 20.8 Å². The van der Waals surface area contributed by atoms with Gasteiger partial charge in [0.1, 0.15) is 17.0 Å². The highest BCUT2D eigenvalue weighted by Crippen LogP contribution is 2.22. The number of halogens is 1. The van der Waals surface area contributed by atoms with E-state index in [-0.39, 0.29) is 18.1 Å². The highest BCUT2D eigenvalue weighted by atomic mass is 35.5. The van der Waals surface area contributed by atoms with E-state index in [0.717, 1.165) is 16.8 Å². The lowest BCUT2D eigenvalue weighted by molar-refractivity contribution is -0.118. The Morgan fingerprint density at radius 1 is 1.11 bits per heavy atom. The molecule has 182 valence electrons. The number of H-pyrrole nitrogens is 1. The summed E-state index contributed by atoms with van der Waals surface area (Å²) in [5.74, 6) is 0.574. The molecule has 0 radical (unpaired) electrons. The van der Waals surface area contributed by atoms with Crippen LogP contribution in [0.1, 0.15) is 16.8 Å². The van der Waals surface area contributed by atoms with Crippen LogP contribution in [0.4, 0.5) is 5.82 Å². The molecule has 2 aromatic carbocycles. The lowest BCUT2D eigenvalue weighted by atomic mass is 10.1. The topological polar surface area (TPSA) is 120 Å². The predicted molar refractivity (Wildman–Crippen MR) is 136 cm³/mol. The second-order valence-electron chi connectivity index (χ2n) is 8.28. The Hall–Kier alpha value is -4.44. The molecule has 36 heavy (non-hydrogen) atoms. The number of aryl methyl sites for hydroxylation is 2. The van der Waals surface area contributed by atoms with Crippen molar-refractivity contribution < 1.29 is 9.53 Å². The van der Waals surface area contributed by atoms with Gasteiger partial charge in [-0.05, 0) is 62.2 Å². The fraction of sp³-hybridized carbons (Fsp3) is 0.160. The van der Waals surface area contributed by atoms with Gasteiger partial charge in [-0.15, -0.1) is 0 Å². The maximum absolute atomic E-state index is 12.9. The molecule has 0 aliphatic heterocycles. The third kappa shape index (κ3) is 4.46. The van der Waals surface area contributed by atoms with Crippen LogP contribution >= 0.6 is 11.6 Å². The van der Waals surface area contributed by atoms with Gasteiger partial charge in [0.25, 0.3) is 11.5 Å². The summed E-state index contributed by atoms with van der Waals surface area (Å²) in [6.45, 7) is 5.54. The van der Waals surface area contributed by atoms with Gasteiger partial charge in [0.15, 0.2) is 12.3 Å². The summed E-state index contributed by atoms with van der Waals surface area (Å²) in [5.41, 5.74) is 3.56. The van der Waals surface area contributed by atoms with Crippen molar-refractivity contribution in [2.24, 2.45) is 0 Å². The van der Waals surface area contributed by atoms with Gasteiger partial charge in [-0.1, -0.05) is 23.7 Å². The van der Waals surface area contributed by atoms with E-state index >= 15 is 0 Å². The van der Waals surface area contributed by atoms with E-state index in [1.807, 2.05) is 32.0 Å². The third-order valence-corrected chi connectivity index (χ3v) is 5.97. The molecule has 3 heterocycles. The van der Waals surface area contributed by atoms with Gasteiger partial charge < -0.3 is 10.1 Å². The Labute approximate surface area is 210 Å². The molecule has 0 bridgehead atoms. The van der Waals surface area contributed by atoms with Crippen molar-refractivity contribution in [3.63, 3.8) is 0 Å². The van der Waals surface area contributed by atoms with Gasteiger partial charge in [-0.3, -0.25) is 14.6 Å². The third-order valence-electron chi connectivity index (χ3n) is 5.71. The summed E-state index contributed by atoms with van der Waals surface area (Å²) in [4.78, 5) is 32.8. The minimum Gasteiger partial charge on any atom is -0.484 e. The standard InChI is InChI=1S/C25H22ClN7O3/c1-14-5-4-6-20(16(14)3)32-23-19(12-27-32)24(35)30-25(29-23)33-21(11-15(2)31-33)28-22(34)13-36-18-9-7-17(26)8-10-18/h4-12H,13H2,1-3H3,(H,28,34)(H,29,30,35). The van der Waals surface area contributed by atoms with Crippen molar-refractivity contribution in [2.75, 3.05) is 11.9 Å². The molecule has 0 saturated heterocycles. The number of rotatable bonds is 6. The normalized spacial score (nSPS) is 11.1. The summed E-state index contributed by atoms with van der Waals surface area (Å²) in [6.07, 6.45) is 1.48. The highest BCUT2D eigenvalue weighted by Gasteiger charge is 2.18. The zero-order valence-electron chi connectivity index (χ0n) is 19.7. The first kappa shape index (κ1) is 23.3. The molecule has 10 nitrogen and oxygen atoms in total. The maximum atomic E-state index is 12.9. The first-order chi connectivity index (χ1) is 17.3. The lowest BCUT2D eigenvalue weighted by Crippen LogP contribution is -2.23. The van der Waals surface area contributed by atoms with E-state index in [2.05, 4.69) is 25.5 Å². The van der Waals surface area contributed by atoms with Crippen LogP contribution in [0.2, 0.25) is 5.02 Å². The first-order valence-corrected chi connectivity index (χ1v) is 11.5. The van der Waals surface area contributed by atoms with Gasteiger partial charge in [0.05, 0.1) is 17.6 Å². The smallest absolute Gasteiger partial charge is 0.263 e. The van der Waals surface area contributed by atoms with Crippen LogP contribution in [-0.4, -0.2) is 42.0 Å². The molecule has 0 saturated carbocycles. The first-order valence-electron chi connectivity index (χ1n) is 11.1. The number of benzene rings is 2. The van der Waals surface area contributed by atoms with E-state index in [0.29, 0.717) is 33.3 Å².